The van der Waals surface area contributed by atoms with Gasteiger partial charge < -0.3 is 14.1 Å². The van der Waals surface area contributed by atoms with E-state index >= 15 is 0 Å². The van der Waals surface area contributed by atoms with Gasteiger partial charge in [0.2, 0.25) is 0 Å². The Morgan fingerprint density at radius 2 is 2.12 bits per heavy atom. The Hall–Kier alpha value is -2.10. The summed E-state index contributed by atoms with van der Waals surface area (Å²) in [5.41, 5.74) is 1.47. The van der Waals surface area contributed by atoms with Crippen molar-refractivity contribution < 1.29 is 9.53 Å². The second-order valence-electron chi connectivity index (χ2n) is 3.83. The number of carbonyl (C=O) groups excluding carboxylic acids is 1. The number of nitrogens with zero attached hydrogens (tertiary/aromatic N) is 1. The van der Waals surface area contributed by atoms with Gasteiger partial charge in [-0.25, -0.2) is 0 Å². The van der Waals surface area contributed by atoms with E-state index < -0.39 is 0 Å². The maximum Gasteiger partial charge on any atom is 0.251 e. The summed E-state index contributed by atoms with van der Waals surface area (Å²) >= 11 is 0. The lowest BCUT2D eigenvalue weighted by molar-refractivity contribution is -0.108. The molecule has 0 unspecified atom stereocenters. The number of hydrogen-bond donors (Lipinski definition) is 0. The predicted octanol–water partition coefficient (Wildman–Crippen LogP) is 1.52. The van der Waals surface area contributed by atoms with E-state index in [0.717, 1.165) is 28.5 Å². The molecule has 4 heteroatoms. The van der Waals surface area contributed by atoms with Crippen LogP contribution in [-0.4, -0.2) is 18.0 Å². The van der Waals surface area contributed by atoms with Crippen LogP contribution in [0.3, 0.4) is 0 Å². The van der Waals surface area contributed by atoms with Crippen molar-refractivity contribution in [2.45, 2.75) is 13.5 Å². The SMILES string of the molecule is COc1ccc2c(c1)c(C)cc(=O)n2CC=O. The number of fused-ring (bicyclic) bond motifs is 1. The maximum absolute atomic E-state index is 11.8. The predicted molar refractivity (Wildman–Crippen MR) is 65.6 cm³/mol. The Morgan fingerprint density at radius 1 is 1.35 bits per heavy atom. The van der Waals surface area contributed by atoms with Crippen LogP contribution >= 0.6 is 0 Å². The zero-order chi connectivity index (χ0) is 12.4. The van der Waals surface area contributed by atoms with Crippen LogP contribution in [0.1, 0.15) is 5.56 Å². The van der Waals surface area contributed by atoms with Crippen molar-refractivity contribution in [2.24, 2.45) is 0 Å². The van der Waals surface area contributed by atoms with Crippen LogP contribution in [-0.2, 0) is 11.3 Å². The fraction of sp³-hybridized carbons (Fsp3) is 0.231. The second-order valence-corrected chi connectivity index (χ2v) is 3.83. The van der Waals surface area contributed by atoms with Gasteiger partial charge in [0, 0.05) is 11.5 Å². The molecule has 0 aliphatic rings. The molecule has 0 N–H and O–H groups in total. The van der Waals surface area contributed by atoms with Crippen LogP contribution in [0.2, 0.25) is 0 Å². The van der Waals surface area contributed by atoms with Gasteiger partial charge in [-0.1, -0.05) is 0 Å². The largest absolute Gasteiger partial charge is 0.497 e. The summed E-state index contributed by atoms with van der Waals surface area (Å²) < 4.78 is 6.60. The van der Waals surface area contributed by atoms with E-state index in [1.807, 2.05) is 13.0 Å². The van der Waals surface area contributed by atoms with E-state index in [9.17, 15) is 9.59 Å². The summed E-state index contributed by atoms with van der Waals surface area (Å²) in [5.74, 6) is 0.733. The third-order valence-electron chi connectivity index (χ3n) is 2.78. The molecule has 17 heavy (non-hydrogen) atoms. The molecule has 1 aromatic carbocycles. The number of ether oxygens (including phenoxy) is 1. The van der Waals surface area contributed by atoms with Crippen molar-refractivity contribution in [3.8, 4) is 5.75 Å². The highest BCUT2D eigenvalue weighted by molar-refractivity contribution is 5.84. The number of aryl methyl sites for hydroxylation is 1. The molecule has 2 aromatic rings. The second kappa shape index (κ2) is 4.41. The smallest absolute Gasteiger partial charge is 0.251 e. The number of pyridine rings is 1. The molecule has 1 aromatic heterocycles. The van der Waals surface area contributed by atoms with E-state index in [1.54, 1.807) is 19.2 Å². The summed E-state index contributed by atoms with van der Waals surface area (Å²) in [7, 11) is 1.60. The lowest BCUT2D eigenvalue weighted by atomic mass is 10.1. The highest BCUT2D eigenvalue weighted by Gasteiger charge is 2.06. The molecule has 0 spiro atoms. The van der Waals surface area contributed by atoms with Crippen LogP contribution in [0.4, 0.5) is 0 Å². The summed E-state index contributed by atoms with van der Waals surface area (Å²) in [6, 6.07) is 6.98. The molecule has 88 valence electrons. The summed E-state index contributed by atoms with van der Waals surface area (Å²) in [5, 5.41) is 0.922. The van der Waals surface area contributed by atoms with Crippen LogP contribution in [0, 0.1) is 6.92 Å². The van der Waals surface area contributed by atoms with Gasteiger partial charge in [0.15, 0.2) is 0 Å². The minimum Gasteiger partial charge on any atom is -0.497 e. The molecule has 0 saturated carbocycles. The lowest BCUT2D eigenvalue weighted by Gasteiger charge is -2.10. The number of aromatic nitrogens is 1. The number of rotatable bonds is 3. The van der Waals surface area contributed by atoms with E-state index in [2.05, 4.69) is 0 Å². The third-order valence-corrected chi connectivity index (χ3v) is 2.78. The molecule has 1 heterocycles. The molecule has 0 aliphatic heterocycles. The molecule has 4 nitrogen and oxygen atoms in total. The molecule has 0 bridgehead atoms. The van der Waals surface area contributed by atoms with Crippen LogP contribution in [0.5, 0.6) is 5.75 Å². The Kier molecular flexibility index (Phi) is 2.95. The summed E-state index contributed by atoms with van der Waals surface area (Å²) in [6.45, 7) is 1.94. The van der Waals surface area contributed by atoms with Gasteiger partial charge in [-0.15, -0.1) is 0 Å². The minimum atomic E-state index is -0.160. The fourth-order valence-corrected chi connectivity index (χ4v) is 1.92. The first-order valence-electron chi connectivity index (χ1n) is 5.29. The molecule has 0 saturated heterocycles. The third kappa shape index (κ3) is 1.93. The van der Waals surface area contributed by atoms with E-state index in [-0.39, 0.29) is 12.1 Å². The number of methoxy groups -OCH3 is 1. The first kappa shape index (κ1) is 11.4. The van der Waals surface area contributed by atoms with Crippen molar-refractivity contribution in [1.82, 2.24) is 4.57 Å². The Bertz CT molecular complexity index is 628. The highest BCUT2D eigenvalue weighted by Crippen LogP contribution is 2.22. The van der Waals surface area contributed by atoms with E-state index in [4.69, 9.17) is 4.74 Å². The first-order chi connectivity index (χ1) is 8.17. The molecule has 0 amide bonds. The monoisotopic (exact) mass is 231 g/mol. The molecule has 2 rings (SSSR count). The number of benzene rings is 1. The highest BCUT2D eigenvalue weighted by atomic mass is 16.5. The molecular formula is C13H13NO3. The lowest BCUT2D eigenvalue weighted by Crippen LogP contribution is -2.20. The van der Waals surface area contributed by atoms with E-state index in [0.29, 0.717) is 0 Å². The van der Waals surface area contributed by atoms with Gasteiger partial charge >= 0.3 is 0 Å². The first-order valence-corrected chi connectivity index (χ1v) is 5.29. The average Bonchev–Trinajstić information content (AvgIpc) is 2.34. The average molecular weight is 231 g/mol. The normalized spacial score (nSPS) is 10.5. The van der Waals surface area contributed by atoms with Crippen molar-refractivity contribution in [1.29, 1.82) is 0 Å². The Labute approximate surface area is 98.4 Å². The number of hydrogen-bond acceptors (Lipinski definition) is 3. The topological polar surface area (TPSA) is 48.3 Å². The Morgan fingerprint density at radius 3 is 2.76 bits per heavy atom. The van der Waals surface area contributed by atoms with Gasteiger partial charge in [0.25, 0.3) is 5.56 Å². The van der Waals surface area contributed by atoms with Crippen molar-refractivity contribution in [3.63, 3.8) is 0 Å². The zero-order valence-electron chi connectivity index (χ0n) is 9.77. The molecule has 0 fully saturated rings. The quantitative estimate of drug-likeness (QED) is 0.752. The maximum atomic E-state index is 11.8. The van der Waals surface area contributed by atoms with Crippen molar-refractivity contribution >= 4 is 17.2 Å². The number of carbonyl (C=O) groups is 1. The van der Waals surface area contributed by atoms with Gasteiger partial charge in [0.1, 0.15) is 12.0 Å². The molecular weight excluding hydrogens is 218 g/mol. The zero-order valence-corrected chi connectivity index (χ0v) is 9.77. The van der Waals surface area contributed by atoms with Gasteiger partial charge in [-0.05, 0) is 30.7 Å². The van der Waals surface area contributed by atoms with Crippen LogP contribution in [0.15, 0.2) is 29.1 Å². The molecule has 0 atom stereocenters. The standard InChI is InChI=1S/C13H13NO3/c1-9-7-13(16)14(5-6-15)12-4-3-10(17-2)8-11(9)12/h3-4,6-8H,5H2,1-2H3. The van der Waals surface area contributed by atoms with Crippen LogP contribution < -0.4 is 10.3 Å². The summed E-state index contributed by atoms with van der Waals surface area (Å²) in [4.78, 5) is 22.4. The van der Waals surface area contributed by atoms with Gasteiger partial charge in [0.05, 0.1) is 19.2 Å². The minimum absolute atomic E-state index is 0.0714. The molecule has 0 radical (unpaired) electrons. The van der Waals surface area contributed by atoms with E-state index in [1.165, 1.54) is 10.6 Å². The summed E-state index contributed by atoms with van der Waals surface area (Å²) in [6.07, 6.45) is 0.723. The number of aldehydes is 1. The molecule has 0 aliphatic carbocycles. The van der Waals surface area contributed by atoms with Gasteiger partial charge in [-0.3, -0.25) is 4.79 Å². The fourth-order valence-electron chi connectivity index (χ4n) is 1.92. The van der Waals surface area contributed by atoms with Gasteiger partial charge in [-0.2, -0.15) is 0 Å². The van der Waals surface area contributed by atoms with Crippen molar-refractivity contribution in [3.05, 3.63) is 40.2 Å². The van der Waals surface area contributed by atoms with Crippen LogP contribution in [0.25, 0.3) is 10.9 Å². The Balaban J connectivity index is 2.82. The van der Waals surface area contributed by atoms with Crippen molar-refractivity contribution in [2.75, 3.05) is 7.11 Å².